The van der Waals surface area contributed by atoms with E-state index in [1.165, 1.54) is 5.56 Å². The molecule has 0 radical (unpaired) electrons. The van der Waals surface area contributed by atoms with E-state index in [1.54, 1.807) is 7.11 Å². The minimum Gasteiger partial charge on any atom is -0.383 e. The second kappa shape index (κ2) is 8.77. The zero-order valence-electron chi connectivity index (χ0n) is 16.2. The number of carbonyl (C=O) groups excluding carboxylic acids is 1. The minimum absolute atomic E-state index is 0.0377. The van der Waals surface area contributed by atoms with Gasteiger partial charge in [0, 0.05) is 51.4 Å². The highest BCUT2D eigenvalue weighted by Gasteiger charge is 2.26. The maximum atomic E-state index is 12.7. The van der Waals surface area contributed by atoms with Crippen LogP contribution in [0.4, 0.5) is 4.79 Å². The van der Waals surface area contributed by atoms with Crippen LogP contribution in [0.25, 0.3) is 0 Å². The molecule has 7 heteroatoms. The number of urea groups is 1. The number of hydrogen-bond donors (Lipinski definition) is 1. The van der Waals surface area contributed by atoms with E-state index in [0.29, 0.717) is 12.5 Å². The molecule has 0 atom stereocenters. The molecule has 7 nitrogen and oxygen atoms in total. The van der Waals surface area contributed by atoms with Crippen LogP contribution >= 0.6 is 0 Å². The fraction of sp³-hybridized carbons (Fsp3) is 0.737. The summed E-state index contributed by atoms with van der Waals surface area (Å²) >= 11 is 0. The highest BCUT2D eigenvalue weighted by molar-refractivity contribution is 5.74. The first kappa shape index (κ1) is 19.0. The molecule has 2 aliphatic rings. The fourth-order valence-electron chi connectivity index (χ4n) is 3.56. The highest BCUT2D eigenvalue weighted by Crippen LogP contribution is 2.19. The lowest BCUT2D eigenvalue weighted by Crippen LogP contribution is -2.50. The molecule has 0 bridgehead atoms. The van der Waals surface area contributed by atoms with Gasteiger partial charge in [-0.15, -0.1) is 0 Å². The van der Waals surface area contributed by atoms with Crippen molar-refractivity contribution in [3.8, 4) is 0 Å². The van der Waals surface area contributed by atoms with Crippen molar-refractivity contribution < 1.29 is 9.53 Å². The molecule has 1 saturated heterocycles. The van der Waals surface area contributed by atoms with Crippen molar-refractivity contribution in [2.75, 3.05) is 39.9 Å². The van der Waals surface area contributed by atoms with Gasteiger partial charge in [-0.25, -0.2) is 14.8 Å². The lowest BCUT2D eigenvalue weighted by molar-refractivity contribution is 0.124. The van der Waals surface area contributed by atoms with Crippen LogP contribution in [0.2, 0.25) is 0 Å². The smallest absolute Gasteiger partial charge is 0.317 e. The van der Waals surface area contributed by atoms with Crippen LogP contribution in [0, 0.1) is 0 Å². The van der Waals surface area contributed by atoms with E-state index >= 15 is 0 Å². The molecule has 1 aromatic heterocycles. The Bertz CT molecular complexity index is 614. The average molecular weight is 361 g/mol. The number of ether oxygens (including phenoxy) is 1. The van der Waals surface area contributed by atoms with Gasteiger partial charge in [-0.1, -0.05) is 13.8 Å². The lowest BCUT2D eigenvalue weighted by atomic mass is 10.0. The zero-order valence-corrected chi connectivity index (χ0v) is 16.2. The van der Waals surface area contributed by atoms with E-state index in [0.717, 1.165) is 63.6 Å². The van der Waals surface area contributed by atoms with Gasteiger partial charge < -0.3 is 19.9 Å². The van der Waals surface area contributed by atoms with Crippen LogP contribution in [0.15, 0.2) is 6.20 Å². The molecule has 1 aromatic rings. The molecule has 2 amide bonds. The monoisotopic (exact) mass is 361 g/mol. The second-order valence-electron chi connectivity index (χ2n) is 7.58. The SMILES string of the molecule is COCCN1CCC(NC(=O)N2CCc3cnc(C(C)C)nc3C2)CC1. The van der Waals surface area contributed by atoms with Crippen LogP contribution < -0.4 is 5.32 Å². The Balaban J connectivity index is 1.51. The number of nitrogens with one attached hydrogen (secondary N) is 1. The summed E-state index contributed by atoms with van der Waals surface area (Å²) in [6.07, 6.45) is 4.76. The second-order valence-corrected chi connectivity index (χ2v) is 7.58. The van der Waals surface area contributed by atoms with Crippen molar-refractivity contribution in [1.82, 2.24) is 25.1 Å². The number of likely N-dealkylation sites (tertiary alicyclic amines) is 1. The van der Waals surface area contributed by atoms with E-state index in [-0.39, 0.29) is 12.1 Å². The molecule has 0 saturated carbocycles. The molecule has 3 rings (SSSR count). The zero-order chi connectivity index (χ0) is 18.5. The summed E-state index contributed by atoms with van der Waals surface area (Å²) in [5.74, 6) is 1.15. The number of methoxy groups -OCH3 is 1. The quantitative estimate of drug-likeness (QED) is 0.866. The molecule has 0 aliphatic carbocycles. The van der Waals surface area contributed by atoms with E-state index in [9.17, 15) is 4.79 Å². The van der Waals surface area contributed by atoms with Crippen molar-refractivity contribution in [2.24, 2.45) is 0 Å². The van der Waals surface area contributed by atoms with Gasteiger partial charge in [0.25, 0.3) is 0 Å². The standard InChI is InChI=1S/C19H31N5O2/c1-14(2)18-20-12-15-4-9-24(13-17(15)22-18)19(25)21-16-5-7-23(8-6-16)10-11-26-3/h12,14,16H,4-11,13H2,1-3H3,(H,21,25). The molecular formula is C19H31N5O2. The molecule has 1 N–H and O–H groups in total. The van der Waals surface area contributed by atoms with Crippen molar-refractivity contribution >= 4 is 6.03 Å². The molecule has 2 aliphatic heterocycles. The maximum Gasteiger partial charge on any atom is 0.317 e. The largest absolute Gasteiger partial charge is 0.383 e. The van der Waals surface area contributed by atoms with Gasteiger partial charge in [-0.2, -0.15) is 0 Å². The van der Waals surface area contributed by atoms with E-state index in [2.05, 4.69) is 34.0 Å². The Kier molecular flexibility index (Phi) is 6.43. The lowest BCUT2D eigenvalue weighted by Gasteiger charge is -2.34. The summed E-state index contributed by atoms with van der Waals surface area (Å²) in [4.78, 5) is 26.1. The Hall–Kier alpha value is -1.73. The number of aromatic nitrogens is 2. The first-order valence-electron chi connectivity index (χ1n) is 9.68. The topological polar surface area (TPSA) is 70.6 Å². The number of piperidine rings is 1. The Morgan fingerprint density at radius 1 is 1.35 bits per heavy atom. The van der Waals surface area contributed by atoms with Crippen LogP contribution in [-0.4, -0.2) is 71.7 Å². The van der Waals surface area contributed by atoms with Gasteiger partial charge in [0.05, 0.1) is 18.8 Å². The van der Waals surface area contributed by atoms with E-state index in [1.807, 2.05) is 11.1 Å². The highest BCUT2D eigenvalue weighted by atomic mass is 16.5. The molecule has 144 valence electrons. The fourth-order valence-corrected chi connectivity index (χ4v) is 3.56. The first-order valence-corrected chi connectivity index (χ1v) is 9.68. The third-order valence-corrected chi connectivity index (χ3v) is 5.29. The van der Waals surface area contributed by atoms with Gasteiger partial charge in [0.1, 0.15) is 5.82 Å². The number of nitrogens with zero attached hydrogens (tertiary/aromatic N) is 4. The molecular weight excluding hydrogens is 330 g/mol. The summed E-state index contributed by atoms with van der Waals surface area (Å²) in [5.41, 5.74) is 2.17. The Morgan fingerprint density at radius 2 is 2.12 bits per heavy atom. The van der Waals surface area contributed by atoms with Crippen molar-refractivity contribution in [2.45, 2.75) is 51.6 Å². The van der Waals surface area contributed by atoms with Gasteiger partial charge in [0.2, 0.25) is 0 Å². The van der Waals surface area contributed by atoms with Gasteiger partial charge in [-0.3, -0.25) is 0 Å². The summed E-state index contributed by atoms with van der Waals surface area (Å²) in [6.45, 7) is 9.26. The summed E-state index contributed by atoms with van der Waals surface area (Å²) in [6, 6.07) is 0.301. The number of rotatable bonds is 5. The molecule has 0 aromatic carbocycles. The van der Waals surface area contributed by atoms with Crippen LogP contribution in [0.5, 0.6) is 0 Å². The number of amides is 2. The first-order chi connectivity index (χ1) is 12.6. The Morgan fingerprint density at radius 3 is 2.81 bits per heavy atom. The molecule has 26 heavy (non-hydrogen) atoms. The summed E-state index contributed by atoms with van der Waals surface area (Å²) in [7, 11) is 1.73. The van der Waals surface area contributed by atoms with Crippen molar-refractivity contribution in [3.63, 3.8) is 0 Å². The van der Waals surface area contributed by atoms with E-state index in [4.69, 9.17) is 4.74 Å². The molecule has 3 heterocycles. The normalized spacial score (nSPS) is 18.8. The minimum atomic E-state index is 0.0377. The van der Waals surface area contributed by atoms with Crippen molar-refractivity contribution in [1.29, 1.82) is 0 Å². The Labute approximate surface area is 156 Å². The number of carbonyl (C=O) groups is 1. The van der Waals surface area contributed by atoms with Gasteiger partial charge in [0.15, 0.2) is 0 Å². The van der Waals surface area contributed by atoms with E-state index < -0.39 is 0 Å². The predicted octanol–water partition coefficient (Wildman–Crippen LogP) is 1.78. The summed E-state index contributed by atoms with van der Waals surface area (Å²) < 4.78 is 5.14. The van der Waals surface area contributed by atoms with Crippen LogP contribution in [-0.2, 0) is 17.7 Å². The molecule has 0 spiro atoms. The molecule has 1 fully saturated rings. The predicted molar refractivity (Wildman–Crippen MR) is 100 cm³/mol. The van der Waals surface area contributed by atoms with Crippen LogP contribution in [0.3, 0.4) is 0 Å². The number of hydrogen-bond acceptors (Lipinski definition) is 5. The molecule has 0 unspecified atom stereocenters. The average Bonchev–Trinajstić information content (AvgIpc) is 2.66. The third kappa shape index (κ3) is 4.71. The maximum absolute atomic E-state index is 12.7. The number of fused-ring (bicyclic) bond motifs is 1. The van der Waals surface area contributed by atoms with Crippen LogP contribution in [0.1, 0.15) is 49.7 Å². The summed E-state index contributed by atoms with van der Waals surface area (Å²) in [5, 5.41) is 3.22. The third-order valence-electron chi connectivity index (χ3n) is 5.29. The van der Waals surface area contributed by atoms with Gasteiger partial charge in [-0.05, 0) is 24.8 Å². The van der Waals surface area contributed by atoms with Crippen molar-refractivity contribution in [3.05, 3.63) is 23.3 Å². The van der Waals surface area contributed by atoms with Gasteiger partial charge >= 0.3 is 6.03 Å².